The standard InChI is InChI=1S/C10H9N3S2/c1-15(6-14-15)10-8-4-7(5-11)2-3-9(8)12-13-10/h2-4H,6H2,1H3,(H,12,13). The van der Waals surface area contributed by atoms with Crippen molar-refractivity contribution in [2.24, 2.45) is 0 Å². The first-order chi connectivity index (χ1) is 7.23. The second-order valence-corrected chi connectivity index (χ2v) is 10.1. The maximum atomic E-state index is 8.86. The van der Waals surface area contributed by atoms with E-state index in [1.165, 1.54) is 10.1 Å². The average Bonchev–Trinajstić information content (AvgIpc) is 2.86. The number of nitriles is 1. The molecule has 2 heterocycles. The number of benzene rings is 1. The Balaban J connectivity index is 2.28. The molecule has 5 heteroatoms. The molecule has 0 amide bonds. The first-order valence-electron chi connectivity index (χ1n) is 4.52. The Bertz CT molecular complexity index is 578. The molecule has 1 unspecified atom stereocenters. The van der Waals surface area contributed by atoms with Crippen LogP contribution in [0.1, 0.15) is 5.56 Å². The molecule has 1 N–H and O–H groups in total. The lowest BCUT2D eigenvalue weighted by atomic mass is 10.2. The normalized spacial score (nSPS) is 28.3. The lowest BCUT2D eigenvalue weighted by Gasteiger charge is -2.08. The number of hydrogen-bond donors (Lipinski definition) is 1. The van der Waals surface area contributed by atoms with E-state index in [1.54, 1.807) is 0 Å². The first kappa shape index (κ1) is 9.13. The van der Waals surface area contributed by atoms with Gasteiger partial charge in [0, 0.05) is 10.5 Å². The Morgan fingerprint density at radius 1 is 1.60 bits per heavy atom. The van der Waals surface area contributed by atoms with Crippen LogP contribution in [0.25, 0.3) is 10.9 Å². The van der Waals surface area contributed by atoms with E-state index in [-0.39, 0.29) is 0 Å². The molecule has 1 aromatic carbocycles. The Kier molecular flexibility index (Phi) is 1.79. The second kappa shape index (κ2) is 2.94. The van der Waals surface area contributed by atoms with Gasteiger partial charge >= 0.3 is 0 Å². The molecular weight excluding hydrogens is 226 g/mol. The molecule has 1 atom stereocenters. The molecule has 1 saturated heterocycles. The Hall–Kier alpha value is -1.12. The van der Waals surface area contributed by atoms with Crippen LogP contribution in [-0.4, -0.2) is 21.5 Å². The van der Waals surface area contributed by atoms with E-state index in [2.05, 4.69) is 22.5 Å². The van der Waals surface area contributed by atoms with Gasteiger partial charge in [-0.05, 0) is 24.5 Å². The van der Waals surface area contributed by atoms with Crippen LogP contribution in [-0.2, 0) is 0 Å². The third-order valence-electron chi connectivity index (χ3n) is 2.55. The van der Waals surface area contributed by atoms with Crippen molar-refractivity contribution in [3.8, 4) is 6.07 Å². The molecule has 1 fully saturated rings. The first-order valence-corrected chi connectivity index (χ1v) is 8.23. The number of aromatic amines is 1. The van der Waals surface area contributed by atoms with Crippen LogP contribution < -0.4 is 0 Å². The van der Waals surface area contributed by atoms with Gasteiger partial charge in [-0.25, -0.2) is 0 Å². The van der Waals surface area contributed by atoms with E-state index < -0.39 is 9.06 Å². The van der Waals surface area contributed by atoms with E-state index in [1.807, 2.05) is 29.0 Å². The molecule has 76 valence electrons. The number of nitrogens with one attached hydrogen (secondary N) is 1. The van der Waals surface area contributed by atoms with E-state index in [9.17, 15) is 0 Å². The van der Waals surface area contributed by atoms with Gasteiger partial charge in [-0.15, -0.1) is 9.06 Å². The summed E-state index contributed by atoms with van der Waals surface area (Å²) in [6, 6.07) is 7.82. The van der Waals surface area contributed by atoms with Gasteiger partial charge in [0.25, 0.3) is 0 Å². The molecule has 0 saturated carbocycles. The van der Waals surface area contributed by atoms with Gasteiger partial charge in [-0.3, -0.25) is 5.10 Å². The van der Waals surface area contributed by atoms with Crippen molar-refractivity contribution < 1.29 is 0 Å². The summed E-state index contributed by atoms with van der Waals surface area (Å²) in [6.07, 6.45) is 2.28. The van der Waals surface area contributed by atoms with Crippen molar-refractivity contribution in [1.82, 2.24) is 10.2 Å². The maximum Gasteiger partial charge on any atom is 0.0991 e. The number of fused-ring (bicyclic) bond motifs is 1. The Morgan fingerprint density at radius 3 is 3.07 bits per heavy atom. The van der Waals surface area contributed by atoms with Gasteiger partial charge in [0.2, 0.25) is 0 Å². The molecule has 1 aromatic heterocycles. The molecule has 1 aliphatic rings. The van der Waals surface area contributed by atoms with Crippen LogP contribution in [0.2, 0.25) is 0 Å². The third-order valence-corrected chi connectivity index (χ3v) is 8.00. The van der Waals surface area contributed by atoms with Crippen molar-refractivity contribution >= 4 is 30.8 Å². The minimum absolute atomic E-state index is 0.672. The zero-order chi connectivity index (χ0) is 10.5. The van der Waals surface area contributed by atoms with E-state index >= 15 is 0 Å². The lowest BCUT2D eigenvalue weighted by molar-refractivity contribution is 1.02. The molecule has 0 bridgehead atoms. The highest BCUT2D eigenvalue weighted by Crippen LogP contribution is 2.80. The fourth-order valence-electron chi connectivity index (χ4n) is 1.58. The smallest absolute Gasteiger partial charge is 0.0991 e. The van der Waals surface area contributed by atoms with Crippen LogP contribution >= 0.6 is 19.9 Å². The van der Waals surface area contributed by atoms with Crippen LogP contribution in [0.4, 0.5) is 0 Å². The maximum absolute atomic E-state index is 8.86. The van der Waals surface area contributed by atoms with Gasteiger partial charge < -0.3 is 0 Å². The van der Waals surface area contributed by atoms with Crippen LogP contribution in [0.3, 0.4) is 0 Å². The van der Waals surface area contributed by atoms with Crippen LogP contribution in [0.5, 0.6) is 0 Å². The van der Waals surface area contributed by atoms with Gasteiger partial charge in [0.1, 0.15) is 0 Å². The molecule has 3 nitrogen and oxygen atoms in total. The van der Waals surface area contributed by atoms with E-state index in [0.717, 1.165) is 10.9 Å². The lowest BCUT2D eigenvalue weighted by Crippen LogP contribution is -1.80. The Labute approximate surface area is 92.6 Å². The fourth-order valence-corrected chi connectivity index (χ4v) is 5.64. The van der Waals surface area contributed by atoms with Gasteiger partial charge in [0.05, 0.1) is 22.2 Å². The number of hydrogen-bond acceptors (Lipinski definition) is 3. The predicted molar refractivity (Wildman–Crippen MR) is 65.0 cm³/mol. The monoisotopic (exact) mass is 235 g/mol. The van der Waals surface area contributed by atoms with Crippen LogP contribution in [0.15, 0.2) is 23.2 Å². The zero-order valence-corrected chi connectivity index (χ0v) is 9.78. The van der Waals surface area contributed by atoms with Crippen molar-refractivity contribution in [3.05, 3.63) is 23.8 Å². The highest BCUT2D eigenvalue weighted by Gasteiger charge is 2.37. The Morgan fingerprint density at radius 2 is 2.40 bits per heavy atom. The van der Waals surface area contributed by atoms with Crippen LogP contribution in [0, 0.1) is 11.3 Å². The number of H-pyrrole nitrogens is 1. The van der Waals surface area contributed by atoms with Gasteiger partial charge in [-0.1, -0.05) is 10.8 Å². The zero-order valence-electron chi connectivity index (χ0n) is 8.15. The number of nitrogens with zero attached hydrogens (tertiary/aromatic N) is 2. The van der Waals surface area contributed by atoms with Gasteiger partial charge in [-0.2, -0.15) is 10.4 Å². The quantitative estimate of drug-likeness (QED) is 0.611. The van der Waals surface area contributed by atoms with Crippen molar-refractivity contribution in [1.29, 1.82) is 5.26 Å². The molecule has 3 rings (SSSR count). The van der Waals surface area contributed by atoms with Crippen molar-refractivity contribution in [2.45, 2.75) is 5.03 Å². The molecule has 15 heavy (non-hydrogen) atoms. The SMILES string of the molecule is CS1(c2[nH]nc3ccc(C#N)cc23)CS1. The minimum atomic E-state index is -0.672. The molecule has 0 spiro atoms. The summed E-state index contributed by atoms with van der Waals surface area (Å²) in [5, 5.41) is 19.8. The summed E-state index contributed by atoms with van der Waals surface area (Å²) in [5.41, 5.74) is 1.67. The molecule has 0 aliphatic carbocycles. The molecule has 1 aliphatic heterocycles. The van der Waals surface area contributed by atoms with Crippen molar-refractivity contribution in [3.63, 3.8) is 0 Å². The number of rotatable bonds is 1. The largest absolute Gasteiger partial charge is 0.271 e. The average molecular weight is 235 g/mol. The summed E-state index contributed by atoms with van der Waals surface area (Å²) >= 11 is 0. The summed E-state index contributed by atoms with van der Waals surface area (Å²) < 4.78 is 0. The van der Waals surface area contributed by atoms with Gasteiger partial charge in [0.15, 0.2) is 0 Å². The summed E-state index contributed by atoms with van der Waals surface area (Å²) in [4.78, 5) is 0. The molecular formula is C10H9N3S2. The molecule has 2 aromatic rings. The summed E-state index contributed by atoms with van der Waals surface area (Å²) in [6.45, 7) is 0. The van der Waals surface area contributed by atoms with Crippen molar-refractivity contribution in [2.75, 3.05) is 11.3 Å². The van der Waals surface area contributed by atoms with E-state index in [0.29, 0.717) is 5.56 Å². The molecule has 0 radical (unpaired) electrons. The highest BCUT2D eigenvalue weighted by molar-refractivity contribution is 9.08. The second-order valence-electron chi connectivity index (χ2n) is 3.64. The topological polar surface area (TPSA) is 52.5 Å². The predicted octanol–water partition coefficient (Wildman–Crippen LogP) is 2.85. The number of aromatic nitrogens is 2. The van der Waals surface area contributed by atoms with E-state index in [4.69, 9.17) is 5.26 Å². The highest BCUT2D eigenvalue weighted by atomic mass is 33.2. The third kappa shape index (κ3) is 1.33. The summed E-state index contributed by atoms with van der Waals surface area (Å²) in [7, 11) is 1.31. The fraction of sp³-hybridized carbons (Fsp3) is 0.200. The minimum Gasteiger partial charge on any atom is -0.271 e. The summed E-state index contributed by atoms with van der Waals surface area (Å²) in [5.74, 6) is 0.